The maximum Gasteiger partial charge on any atom is 0.105 e. The van der Waals surface area contributed by atoms with E-state index in [0.29, 0.717) is 6.54 Å². The number of hydrogen-bond acceptors (Lipinski definition) is 5. The van der Waals surface area contributed by atoms with Crippen LogP contribution in [0.1, 0.15) is 21.4 Å². The van der Waals surface area contributed by atoms with Gasteiger partial charge in [0.15, 0.2) is 0 Å². The van der Waals surface area contributed by atoms with E-state index in [1.54, 1.807) is 22.7 Å². The second kappa shape index (κ2) is 6.20. The van der Waals surface area contributed by atoms with Crippen molar-refractivity contribution < 1.29 is 0 Å². The Hall–Kier alpha value is -2.08. The zero-order valence-corrected chi connectivity index (χ0v) is 14.1. The molecule has 4 rings (SSSR count). The molecular weight excluding hydrogens is 322 g/mol. The summed E-state index contributed by atoms with van der Waals surface area (Å²) >= 11 is 3.53. The zero-order chi connectivity index (χ0) is 15.6. The van der Waals surface area contributed by atoms with Crippen molar-refractivity contribution in [1.29, 1.82) is 0 Å². The molecule has 1 aliphatic rings. The molecule has 0 aliphatic carbocycles. The third-order valence-electron chi connectivity index (χ3n) is 3.92. The minimum absolute atomic E-state index is 0.204. The van der Waals surface area contributed by atoms with Crippen molar-refractivity contribution >= 4 is 34.1 Å². The van der Waals surface area contributed by atoms with Crippen molar-refractivity contribution in [3.05, 3.63) is 80.7 Å². The predicted octanol–water partition coefficient (Wildman–Crippen LogP) is 4.38. The molecule has 2 aromatic heterocycles. The zero-order valence-electron chi connectivity index (χ0n) is 12.5. The summed E-state index contributed by atoms with van der Waals surface area (Å²) < 4.78 is 0. The van der Waals surface area contributed by atoms with Crippen LogP contribution in [0.25, 0.3) is 5.70 Å². The number of hydrogen-bond donors (Lipinski definition) is 2. The fourth-order valence-corrected chi connectivity index (χ4v) is 4.21. The van der Waals surface area contributed by atoms with E-state index in [1.807, 2.05) is 0 Å². The number of benzene rings is 1. The molecule has 3 nitrogen and oxygen atoms in total. The number of nitrogens with one attached hydrogen (secondary N) is 1. The number of rotatable bonds is 4. The topological polar surface area (TPSA) is 41.3 Å². The number of anilines is 1. The summed E-state index contributed by atoms with van der Waals surface area (Å²) in [5, 5.41) is 6.46. The Labute approximate surface area is 143 Å². The van der Waals surface area contributed by atoms with Crippen molar-refractivity contribution in [2.24, 2.45) is 5.73 Å². The Kier molecular flexibility index (Phi) is 3.91. The Morgan fingerprint density at radius 1 is 1.00 bits per heavy atom. The largest absolute Gasteiger partial charge is 0.326 e. The average Bonchev–Trinajstić information content (AvgIpc) is 3.34. The Morgan fingerprint density at radius 3 is 2.43 bits per heavy atom. The normalized spacial score (nSPS) is 17.2. The summed E-state index contributed by atoms with van der Waals surface area (Å²) in [6.45, 7) is 0.570. The molecule has 1 aliphatic heterocycles. The van der Waals surface area contributed by atoms with Gasteiger partial charge in [-0.2, -0.15) is 0 Å². The smallest absolute Gasteiger partial charge is 0.105 e. The van der Waals surface area contributed by atoms with E-state index in [-0.39, 0.29) is 6.04 Å². The summed E-state index contributed by atoms with van der Waals surface area (Å²) in [5.41, 5.74) is 12.7. The number of nitrogens with zero attached hydrogens (tertiary/aromatic N) is 1. The standard InChI is InChI=1S/C18H17N3S2/c19-12-13-5-7-14(8-6-13)21-16(18-4-2-10-23-18)11-15(20-21)17-3-1-9-22-17/h1-11,16,20H,12,19H2. The van der Waals surface area contributed by atoms with Crippen LogP contribution >= 0.6 is 22.7 Å². The SMILES string of the molecule is NCc1ccc(N2NC(c3cccs3)=CC2c2cccs2)cc1. The number of thiophene rings is 2. The van der Waals surface area contributed by atoms with E-state index in [2.05, 4.69) is 75.8 Å². The molecule has 23 heavy (non-hydrogen) atoms. The van der Waals surface area contributed by atoms with Crippen LogP contribution in [0.5, 0.6) is 0 Å². The van der Waals surface area contributed by atoms with Crippen LogP contribution in [0.4, 0.5) is 5.69 Å². The molecule has 1 unspecified atom stereocenters. The van der Waals surface area contributed by atoms with Crippen molar-refractivity contribution in [2.75, 3.05) is 5.01 Å². The Morgan fingerprint density at radius 2 is 1.78 bits per heavy atom. The van der Waals surface area contributed by atoms with Crippen molar-refractivity contribution in [3.8, 4) is 0 Å². The molecule has 0 amide bonds. The molecular formula is C18H17N3S2. The lowest BCUT2D eigenvalue weighted by Gasteiger charge is -2.26. The van der Waals surface area contributed by atoms with E-state index in [9.17, 15) is 0 Å². The molecule has 0 spiro atoms. The molecule has 1 atom stereocenters. The van der Waals surface area contributed by atoms with Crippen molar-refractivity contribution in [2.45, 2.75) is 12.6 Å². The lowest BCUT2D eigenvalue weighted by molar-refractivity contribution is 0.733. The first-order valence-electron chi connectivity index (χ1n) is 7.49. The van der Waals surface area contributed by atoms with E-state index < -0.39 is 0 Å². The van der Waals surface area contributed by atoms with Gasteiger partial charge in [-0.25, -0.2) is 0 Å². The maximum atomic E-state index is 5.71. The second-order valence-electron chi connectivity index (χ2n) is 5.37. The monoisotopic (exact) mass is 339 g/mol. The molecule has 0 saturated carbocycles. The Balaban J connectivity index is 1.70. The third-order valence-corrected chi connectivity index (χ3v) is 5.76. The van der Waals surface area contributed by atoms with Gasteiger partial charge < -0.3 is 5.73 Å². The van der Waals surface area contributed by atoms with Gasteiger partial charge in [-0.3, -0.25) is 10.4 Å². The van der Waals surface area contributed by atoms with E-state index in [1.165, 1.54) is 15.5 Å². The van der Waals surface area contributed by atoms with Crippen LogP contribution in [0.15, 0.2) is 65.4 Å². The lowest BCUT2D eigenvalue weighted by Crippen LogP contribution is -2.33. The first-order chi connectivity index (χ1) is 11.3. The van der Waals surface area contributed by atoms with Crippen LogP contribution in [0.2, 0.25) is 0 Å². The molecule has 3 N–H and O–H groups in total. The van der Waals surface area contributed by atoms with Gasteiger partial charge in [-0.1, -0.05) is 24.3 Å². The average molecular weight is 339 g/mol. The van der Waals surface area contributed by atoms with Crippen LogP contribution in [-0.2, 0) is 6.54 Å². The summed E-state index contributed by atoms with van der Waals surface area (Å²) in [6, 6.07) is 17.2. The van der Waals surface area contributed by atoms with Gasteiger partial charge in [-0.15, -0.1) is 22.7 Å². The number of nitrogens with two attached hydrogens (primary N) is 1. The molecule has 0 saturated heterocycles. The molecule has 1 aromatic carbocycles. The molecule has 0 radical (unpaired) electrons. The van der Waals surface area contributed by atoms with Gasteiger partial charge >= 0.3 is 0 Å². The van der Waals surface area contributed by atoms with E-state index in [0.717, 1.165) is 11.3 Å². The van der Waals surface area contributed by atoms with Crippen LogP contribution in [-0.4, -0.2) is 0 Å². The fourth-order valence-electron chi connectivity index (χ4n) is 2.72. The minimum atomic E-state index is 0.204. The highest BCUT2D eigenvalue weighted by Crippen LogP contribution is 2.37. The Bertz CT molecular complexity index is 789. The second-order valence-corrected chi connectivity index (χ2v) is 7.30. The molecule has 0 fully saturated rings. The first-order valence-corrected chi connectivity index (χ1v) is 9.25. The predicted molar refractivity (Wildman–Crippen MR) is 99.3 cm³/mol. The summed E-state index contributed by atoms with van der Waals surface area (Å²) in [7, 11) is 0. The summed E-state index contributed by atoms with van der Waals surface area (Å²) in [4.78, 5) is 2.58. The van der Waals surface area contributed by atoms with Gasteiger partial charge in [0.1, 0.15) is 6.04 Å². The molecule has 3 aromatic rings. The minimum Gasteiger partial charge on any atom is -0.326 e. The van der Waals surface area contributed by atoms with Gasteiger partial charge in [-0.05, 0) is 46.7 Å². The molecule has 5 heteroatoms. The third kappa shape index (κ3) is 2.79. The highest BCUT2D eigenvalue weighted by atomic mass is 32.1. The molecule has 0 bridgehead atoms. The van der Waals surface area contributed by atoms with Gasteiger partial charge in [0, 0.05) is 11.4 Å². The fraction of sp³-hybridized carbons (Fsp3) is 0.111. The van der Waals surface area contributed by atoms with E-state index in [4.69, 9.17) is 5.73 Å². The summed E-state index contributed by atoms with van der Waals surface area (Å²) in [5.74, 6) is 0. The maximum absolute atomic E-state index is 5.71. The van der Waals surface area contributed by atoms with Crippen LogP contribution in [0, 0.1) is 0 Å². The van der Waals surface area contributed by atoms with E-state index >= 15 is 0 Å². The van der Waals surface area contributed by atoms with Crippen molar-refractivity contribution in [1.82, 2.24) is 5.43 Å². The van der Waals surface area contributed by atoms with Gasteiger partial charge in [0.05, 0.1) is 16.3 Å². The lowest BCUT2D eigenvalue weighted by atomic mass is 10.1. The van der Waals surface area contributed by atoms with Crippen molar-refractivity contribution in [3.63, 3.8) is 0 Å². The molecule has 116 valence electrons. The number of hydrazine groups is 1. The first kappa shape index (κ1) is 14.5. The highest BCUT2D eigenvalue weighted by Gasteiger charge is 2.28. The van der Waals surface area contributed by atoms with Gasteiger partial charge in [0.25, 0.3) is 0 Å². The molecule has 3 heterocycles. The summed E-state index contributed by atoms with van der Waals surface area (Å²) in [6.07, 6.45) is 2.30. The van der Waals surface area contributed by atoms with Crippen LogP contribution < -0.4 is 16.2 Å². The van der Waals surface area contributed by atoms with Crippen LogP contribution in [0.3, 0.4) is 0 Å². The van der Waals surface area contributed by atoms with Gasteiger partial charge in [0.2, 0.25) is 0 Å². The quantitative estimate of drug-likeness (QED) is 0.741. The highest BCUT2D eigenvalue weighted by molar-refractivity contribution is 7.11.